The quantitative estimate of drug-likeness (QED) is 0.314. The number of halogens is 2. The molecule has 1 unspecified atom stereocenters. The molecule has 1 amide bonds. The number of benzene rings is 2. The van der Waals surface area contributed by atoms with Crippen LogP contribution in [0.5, 0.6) is 11.5 Å². The molecule has 0 radical (unpaired) electrons. The smallest absolute Gasteiger partial charge is 0.410 e. The van der Waals surface area contributed by atoms with Crippen LogP contribution in [0.2, 0.25) is 0 Å². The zero-order chi connectivity index (χ0) is 35.6. The Morgan fingerprint density at radius 2 is 1.44 bits per heavy atom. The van der Waals surface area contributed by atoms with Crippen molar-refractivity contribution in [2.24, 2.45) is 0 Å². The molecule has 0 aliphatic carbocycles. The molecule has 2 aromatic carbocycles. The summed E-state index contributed by atoms with van der Waals surface area (Å²) >= 11 is 0. The lowest BCUT2D eigenvalue weighted by Gasteiger charge is -2.28. The summed E-state index contributed by atoms with van der Waals surface area (Å²) < 4.78 is 70.3. The van der Waals surface area contributed by atoms with E-state index in [1.165, 1.54) is 21.7 Å². The molecule has 48 heavy (non-hydrogen) atoms. The van der Waals surface area contributed by atoms with Crippen LogP contribution in [-0.2, 0) is 14.9 Å². The van der Waals surface area contributed by atoms with E-state index < -0.39 is 61.3 Å². The van der Waals surface area contributed by atoms with Gasteiger partial charge < -0.3 is 24.4 Å². The SMILES string of the molecule is CN1CC2C[C@@H](Oc3cc(F)cc([N+](=O)[O-])c3)CN2S1(=O)=O.CNC[C@@H]1C[C@@H](Oc2cc(F)cc([N+](=O)[O-])c2)CN1C(=O)OC(C)(C)C. The summed E-state index contributed by atoms with van der Waals surface area (Å²) in [6.07, 6.45) is -0.343. The van der Waals surface area contributed by atoms with Gasteiger partial charge in [0.15, 0.2) is 0 Å². The molecule has 0 spiro atoms. The van der Waals surface area contributed by atoms with Gasteiger partial charge in [-0.2, -0.15) is 17.0 Å². The van der Waals surface area contributed by atoms with Crippen molar-refractivity contribution in [2.45, 2.75) is 63.5 Å². The fourth-order valence-electron chi connectivity index (χ4n) is 5.71. The van der Waals surface area contributed by atoms with Crippen LogP contribution < -0.4 is 14.8 Å². The van der Waals surface area contributed by atoms with Crippen LogP contribution in [0.15, 0.2) is 36.4 Å². The van der Waals surface area contributed by atoms with Gasteiger partial charge in [-0.05, 0) is 27.8 Å². The molecule has 3 fully saturated rings. The molecule has 3 saturated heterocycles. The van der Waals surface area contributed by atoms with E-state index in [0.29, 0.717) is 25.9 Å². The lowest BCUT2D eigenvalue weighted by Crippen LogP contribution is -2.43. The van der Waals surface area contributed by atoms with E-state index in [1.807, 2.05) is 0 Å². The number of carbonyl (C=O) groups is 1. The summed E-state index contributed by atoms with van der Waals surface area (Å²) in [5.74, 6) is -1.42. The van der Waals surface area contributed by atoms with Gasteiger partial charge in [-0.25, -0.2) is 13.6 Å². The number of nitrogens with one attached hydrogen (secondary N) is 1. The zero-order valence-electron chi connectivity index (χ0n) is 27.0. The van der Waals surface area contributed by atoms with Crippen LogP contribution in [0.4, 0.5) is 25.0 Å². The number of amides is 1. The summed E-state index contributed by atoms with van der Waals surface area (Å²) in [7, 11) is -0.165. The highest BCUT2D eigenvalue weighted by Crippen LogP contribution is 2.33. The molecule has 16 nitrogen and oxygen atoms in total. The largest absolute Gasteiger partial charge is 0.489 e. The summed E-state index contributed by atoms with van der Waals surface area (Å²) in [5, 5.41) is 24.6. The van der Waals surface area contributed by atoms with Crippen LogP contribution in [0.3, 0.4) is 0 Å². The first-order valence-electron chi connectivity index (χ1n) is 15.0. The number of hydrogen-bond donors (Lipinski definition) is 1. The monoisotopic (exact) mass is 700 g/mol. The fraction of sp³-hybridized carbons (Fsp3) is 0.552. The van der Waals surface area contributed by atoms with Crippen LogP contribution in [0.1, 0.15) is 33.6 Å². The highest BCUT2D eigenvalue weighted by Gasteiger charge is 2.48. The van der Waals surface area contributed by atoms with Crippen LogP contribution in [0.25, 0.3) is 0 Å². The minimum Gasteiger partial charge on any atom is -0.489 e. The normalized spacial score (nSPS) is 23.6. The van der Waals surface area contributed by atoms with Gasteiger partial charge in [0.05, 0.1) is 53.2 Å². The number of rotatable bonds is 8. The maximum atomic E-state index is 13.6. The van der Waals surface area contributed by atoms with E-state index >= 15 is 0 Å². The number of nitrogens with zero attached hydrogens (tertiary/aromatic N) is 5. The molecular formula is C29H38F2N6O10S. The second-order valence-corrected chi connectivity index (χ2v) is 14.6. The first-order chi connectivity index (χ1) is 22.4. The number of nitro benzene ring substituents is 2. The standard InChI is InChI=1S/C17H24FN3O5.C12H14FN3O5S/c1-17(2,3)26-16(22)20-10-15(8-13(20)9-19-4)25-14-6-11(18)5-12(7-14)21(23)24;1-14-6-10-5-12(7-15(10)22(14,19)20)21-11-3-8(13)2-9(4-11)16(17)18/h5-7,13,15,19H,8-10H2,1-4H3;2-4,10,12H,5-7H2,1H3/t13-,15+;10?,12-/m01/s1. The van der Waals surface area contributed by atoms with E-state index in [2.05, 4.69) is 5.32 Å². The van der Waals surface area contributed by atoms with Crippen molar-refractivity contribution in [3.63, 3.8) is 0 Å². The minimum absolute atomic E-state index is 0.0311. The van der Waals surface area contributed by atoms with Gasteiger partial charge in [0.1, 0.15) is 40.9 Å². The van der Waals surface area contributed by atoms with Crippen molar-refractivity contribution >= 4 is 27.7 Å². The predicted molar refractivity (Wildman–Crippen MR) is 167 cm³/mol. The summed E-state index contributed by atoms with van der Waals surface area (Å²) in [4.78, 5) is 34.2. The molecular weight excluding hydrogens is 662 g/mol. The molecule has 0 bridgehead atoms. The molecule has 3 heterocycles. The summed E-state index contributed by atoms with van der Waals surface area (Å²) in [5.41, 5.74) is -1.40. The molecule has 4 atom stereocenters. The highest BCUT2D eigenvalue weighted by molar-refractivity contribution is 7.87. The molecule has 0 saturated carbocycles. The number of likely N-dealkylation sites (tertiary alicyclic amines) is 1. The Morgan fingerprint density at radius 3 is 1.90 bits per heavy atom. The third-order valence-corrected chi connectivity index (χ3v) is 9.64. The van der Waals surface area contributed by atoms with E-state index in [4.69, 9.17) is 14.2 Å². The Bertz CT molecular complexity index is 1640. The first-order valence-corrected chi connectivity index (χ1v) is 16.4. The Morgan fingerprint density at radius 1 is 0.917 bits per heavy atom. The number of nitro groups is 2. The first kappa shape index (κ1) is 36.6. The Hall–Kier alpha value is -4.20. The van der Waals surface area contributed by atoms with Crippen molar-refractivity contribution < 1.29 is 46.1 Å². The van der Waals surface area contributed by atoms with Gasteiger partial charge in [-0.15, -0.1) is 0 Å². The van der Waals surface area contributed by atoms with E-state index in [1.54, 1.807) is 32.7 Å². The number of hydrogen-bond acceptors (Lipinski definition) is 11. The zero-order valence-corrected chi connectivity index (χ0v) is 27.8. The topological polar surface area (TPSA) is 187 Å². The lowest BCUT2D eigenvalue weighted by molar-refractivity contribution is -0.385. The van der Waals surface area contributed by atoms with Crippen LogP contribution in [-0.4, -0.2) is 108 Å². The molecule has 3 aliphatic heterocycles. The molecule has 2 aromatic rings. The van der Waals surface area contributed by atoms with Crippen LogP contribution in [0, 0.1) is 31.9 Å². The third kappa shape index (κ3) is 9.03. The Labute approximate surface area is 276 Å². The maximum absolute atomic E-state index is 13.6. The van der Waals surface area contributed by atoms with Crippen LogP contribution >= 0.6 is 0 Å². The van der Waals surface area contributed by atoms with Crippen molar-refractivity contribution in [1.82, 2.24) is 18.8 Å². The number of likely N-dealkylation sites (N-methyl/N-ethyl adjacent to an activating group) is 2. The Kier molecular flexibility index (Phi) is 11.1. The van der Waals surface area contributed by atoms with E-state index in [0.717, 1.165) is 30.3 Å². The van der Waals surface area contributed by atoms with E-state index in [9.17, 15) is 42.2 Å². The molecule has 1 N–H and O–H groups in total. The second-order valence-electron chi connectivity index (χ2n) is 12.6. The number of non-ortho nitro benzene ring substituents is 2. The van der Waals surface area contributed by atoms with Gasteiger partial charge in [0.25, 0.3) is 21.6 Å². The molecule has 5 rings (SSSR count). The lowest BCUT2D eigenvalue weighted by atomic mass is 10.2. The number of fused-ring (bicyclic) bond motifs is 1. The van der Waals surface area contributed by atoms with Crippen molar-refractivity contribution in [3.05, 3.63) is 68.3 Å². The van der Waals surface area contributed by atoms with Crippen molar-refractivity contribution in [3.8, 4) is 11.5 Å². The Balaban J connectivity index is 0.000000219. The maximum Gasteiger partial charge on any atom is 0.410 e. The van der Waals surface area contributed by atoms with Gasteiger partial charge in [-0.3, -0.25) is 20.2 Å². The predicted octanol–water partition coefficient (Wildman–Crippen LogP) is 3.46. The second kappa shape index (κ2) is 14.5. The van der Waals surface area contributed by atoms with Gasteiger partial charge in [0.2, 0.25) is 0 Å². The van der Waals surface area contributed by atoms with Gasteiger partial charge in [-0.1, -0.05) is 0 Å². The fourth-order valence-corrected chi connectivity index (χ4v) is 7.31. The van der Waals surface area contributed by atoms with E-state index in [-0.39, 0.29) is 42.4 Å². The average Bonchev–Trinajstić information content (AvgIpc) is 3.61. The molecule has 3 aliphatic rings. The number of carbonyl (C=O) groups excluding carboxylic acids is 1. The average molecular weight is 701 g/mol. The van der Waals surface area contributed by atoms with Crippen molar-refractivity contribution in [2.75, 3.05) is 40.3 Å². The molecule has 264 valence electrons. The number of ether oxygens (including phenoxy) is 3. The summed E-state index contributed by atoms with van der Waals surface area (Å²) in [6.45, 7) is 6.69. The van der Waals surface area contributed by atoms with Gasteiger partial charge >= 0.3 is 6.09 Å². The third-order valence-electron chi connectivity index (χ3n) is 7.67. The molecule has 0 aromatic heterocycles. The van der Waals surface area contributed by atoms with Crippen molar-refractivity contribution in [1.29, 1.82) is 0 Å². The minimum atomic E-state index is -3.45. The highest BCUT2D eigenvalue weighted by atomic mass is 32.2. The summed E-state index contributed by atoms with van der Waals surface area (Å²) in [6, 6.07) is 5.76. The van der Waals surface area contributed by atoms with Gasteiger partial charge in [0, 0.05) is 51.2 Å². The molecule has 19 heteroatoms.